The minimum Gasteiger partial charge on any atom is -0.298 e. The molecule has 4 nitrogen and oxygen atoms in total. The van der Waals surface area contributed by atoms with Crippen LogP contribution in [0.1, 0.15) is 31.0 Å². The van der Waals surface area contributed by atoms with Crippen molar-refractivity contribution in [2.24, 2.45) is 0 Å². The Morgan fingerprint density at radius 2 is 2.00 bits per heavy atom. The van der Waals surface area contributed by atoms with Crippen LogP contribution in [0, 0.1) is 11.9 Å². The quantitative estimate of drug-likeness (QED) is 0.589. The Morgan fingerprint density at radius 1 is 1.30 bits per heavy atom. The molecule has 0 N–H and O–H groups in total. The van der Waals surface area contributed by atoms with Gasteiger partial charge in [0.15, 0.2) is 0 Å². The summed E-state index contributed by atoms with van der Waals surface area (Å²) < 4.78 is 16.6. The fraction of sp³-hybridized carbons (Fsp3) is 0.375. The SMILES string of the molecule is CCn1c2c(c(=O)n(-c3c[c-]c(Cl)cc3F)c1=O)CCCC2.[W+2]. The molecule has 23 heavy (non-hydrogen) atoms. The third-order valence-electron chi connectivity index (χ3n) is 4.05. The van der Waals surface area contributed by atoms with Crippen molar-refractivity contribution in [3.63, 3.8) is 0 Å². The summed E-state index contributed by atoms with van der Waals surface area (Å²) in [6.07, 6.45) is 3.19. The van der Waals surface area contributed by atoms with Gasteiger partial charge in [0, 0.05) is 23.6 Å². The molecule has 1 heterocycles. The molecule has 1 aliphatic carbocycles. The maximum absolute atomic E-state index is 14.2. The molecule has 0 fully saturated rings. The van der Waals surface area contributed by atoms with Crippen molar-refractivity contribution in [1.29, 1.82) is 0 Å². The van der Waals surface area contributed by atoms with Crippen LogP contribution in [0.4, 0.5) is 4.39 Å². The van der Waals surface area contributed by atoms with Gasteiger partial charge in [0.1, 0.15) is 0 Å². The second-order valence-corrected chi connectivity index (χ2v) is 5.72. The van der Waals surface area contributed by atoms with Crippen LogP contribution < -0.4 is 11.2 Å². The zero-order chi connectivity index (χ0) is 15.9. The Hall–Kier alpha value is -1.19. The van der Waals surface area contributed by atoms with Crippen LogP contribution in [-0.4, -0.2) is 9.13 Å². The molecule has 0 spiro atoms. The van der Waals surface area contributed by atoms with Crippen molar-refractivity contribution < 1.29 is 25.5 Å². The first-order valence-electron chi connectivity index (χ1n) is 7.29. The van der Waals surface area contributed by atoms with Crippen LogP contribution >= 0.6 is 11.6 Å². The van der Waals surface area contributed by atoms with Gasteiger partial charge in [-0.3, -0.25) is 13.9 Å². The summed E-state index contributed by atoms with van der Waals surface area (Å²) in [4.78, 5) is 25.3. The van der Waals surface area contributed by atoms with Gasteiger partial charge in [-0.1, -0.05) is 5.02 Å². The number of hydrogen-bond acceptors (Lipinski definition) is 2. The minimum absolute atomic E-state index is 0. The molecule has 1 aromatic heterocycles. The van der Waals surface area contributed by atoms with Gasteiger partial charge < -0.3 is 0 Å². The molecule has 120 valence electrons. The van der Waals surface area contributed by atoms with E-state index in [1.54, 1.807) is 4.57 Å². The number of benzene rings is 1. The maximum Gasteiger partial charge on any atom is 2.00 e. The summed E-state index contributed by atoms with van der Waals surface area (Å²) in [5, 5.41) is 0.100. The molecule has 7 heteroatoms. The molecule has 0 unspecified atom stereocenters. The largest absolute Gasteiger partial charge is 2.00 e. The second kappa shape index (κ2) is 7.14. The number of aromatic nitrogens is 2. The van der Waals surface area contributed by atoms with E-state index in [-0.39, 0.29) is 31.8 Å². The normalized spacial score (nSPS) is 13.3. The zero-order valence-electron chi connectivity index (χ0n) is 12.6. The van der Waals surface area contributed by atoms with E-state index in [0.29, 0.717) is 24.9 Å². The molecule has 0 saturated heterocycles. The van der Waals surface area contributed by atoms with Crippen molar-refractivity contribution in [1.82, 2.24) is 9.13 Å². The van der Waals surface area contributed by atoms with Crippen LogP contribution in [-0.2, 0) is 40.5 Å². The maximum atomic E-state index is 14.2. The van der Waals surface area contributed by atoms with Gasteiger partial charge >= 0.3 is 26.8 Å². The molecule has 0 bridgehead atoms. The summed E-state index contributed by atoms with van der Waals surface area (Å²) in [6.45, 7) is 2.29. The third kappa shape index (κ3) is 3.09. The van der Waals surface area contributed by atoms with E-state index in [0.717, 1.165) is 29.2 Å². The van der Waals surface area contributed by atoms with Crippen LogP contribution in [0.25, 0.3) is 5.69 Å². The monoisotopic (exact) mass is 505 g/mol. The van der Waals surface area contributed by atoms with Crippen LogP contribution in [0.3, 0.4) is 0 Å². The van der Waals surface area contributed by atoms with Crippen LogP contribution in [0.2, 0.25) is 5.02 Å². The first-order valence-corrected chi connectivity index (χ1v) is 7.67. The van der Waals surface area contributed by atoms with Crippen LogP contribution in [0.5, 0.6) is 0 Å². The Kier molecular flexibility index (Phi) is 5.64. The molecule has 0 saturated carbocycles. The van der Waals surface area contributed by atoms with E-state index in [1.165, 1.54) is 6.07 Å². The van der Waals surface area contributed by atoms with Gasteiger partial charge in [0.2, 0.25) is 0 Å². The van der Waals surface area contributed by atoms with E-state index in [2.05, 4.69) is 6.07 Å². The topological polar surface area (TPSA) is 44.0 Å². The molecule has 0 amide bonds. The van der Waals surface area contributed by atoms with Crippen molar-refractivity contribution >= 4 is 11.6 Å². The van der Waals surface area contributed by atoms with E-state index in [1.807, 2.05) is 6.92 Å². The zero-order valence-corrected chi connectivity index (χ0v) is 16.3. The van der Waals surface area contributed by atoms with E-state index >= 15 is 0 Å². The second-order valence-electron chi connectivity index (χ2n) is 5.31. The van der Waals surface area contributed by atoms with Gasteiger partial charge in [-0.2, -0.15) is 6.07 Å². The summed E-state index contributed by atoms with van der Waals surface area (Å²) in [7, 11) is 0. The number of halogens is 2. The molecule has 2 aromatic rings. The van der Waals surface area contributed by atoms with Gasteiger partial charge in [-0.25, -0.2) is 9.18 Å². The standard InChI is InChI=1S/C16H15ClFN2O2.W/c1-2-19-13-6-4-3-5-11(13)15(21)20(16(19)22)14-8-7-10(17)9-12(14)18;/h8-9H,2-6H2,1H3;/q-1;+2. The summed E-state index contributed by atoms with van der Waals surface area (Å²) in [6, 6.07) is 4.93. The van der Waals surface area contributed by atoms with Gasteiger partial charge in [0.25, 0.3) is 5.56 Å². The molecular weight excluding hydrogens is 490 g/mol. The van der Waals surface area contributed by atoms with Crippen molar-refractivity contribution in [3.05, 3.63) is 61.1 Å². The predicted molar refractivity (Wildman–Crippen MR) is 82.4 cm³/mol. The number of fused-ring (bicyclic) bond motifs is 1. The van der Waals surface area contributed by atoms with Crippen molar-refractivity contribution in [2.75, 3.05) is 0 Å². The molecule has 1 aromatic carbocycles. The molecule has 0 radical (unpaired) electrons. The summed E-state index contributed by atoms with van der Waals surface area (Å²) >= 11 is 5.69. The average Bonchev–Trinajstić information content (AvgIpc) is 2.50. The first kappa shape index (κ1) is 18.2. The molecule has 0 atom stereocenters. The third-order valence-corrected chi connectivity index (χ3v) is 4.27. The van der Waals surface area contributed by atoms with Crippen molar-refractivity contribution in [3.8, 4) is 5.69 Å². The van der Waals surface area contributed by atoms with Crippen LogP contribution in [0.15, 0.2) is 21.7 Å². The summed E-state index contributed by atoms with van der Waals surface area (Å²) in [5.74, 6) is -0.707. The smallest absolute Gasteiger partial charge is 0.298 e. The first-order chi connectivity index (χ1) is 10.5. The van der Waals surface area contributed by atoms with E-state index in [4.69, 9.17) is 11.6 Å². The number of nitrogens with zero attached hydrogens (tertiary/aromatic N) is 2. The van der Waals surface area contributed by atoms with E-state index < -0.39 is 17.1 Å². The Morgan fingerprint density at radius 3 is 2.65 bits per heavy atom. The van der Waals surface area contributed by atoms with Gasteiger partial charge in [-0.15, -0.1) is 23.7 Å². The molecule has 1 aliphatic rings. The Balaban J connectivity index is 0.00000192. The van der Waals surface area contributed by atoms with Gasteiger partial charge in [0.05, 0.1) is 0 Å². The molecule has 3 rings (SSSR count). The average molecular weight is 506 g/mol. The number of rotatable bonds is 2. The fourth-order valence-electron chi connectivity index (χ4n) is 3.02. The Bertz CT molecular complexity index is 829. The predicted octanol–water partition coefficient (Wildman–Crippen LogP) is 2.49. The molecule has 0 aliphatic heterocycles. The fourth-order valence-corrected chi connectivity index (χ4v) is 3.17. The van der Waals surface area contributed by atoms with Crippen molar-refractivity contribution in [2.45, 2.75) is 39.2 Å². The molecular formula is C16H15ClFN2O2W+. The van der Waals surface area contributed by atoms with E-state index in [9.17, 15) is 14.0 Å². The minimum atomic E-state index is -0.707. The number of hydrogen-bond donors (Lipinski definition) is 0. The van der Waals surface area contributed by atoms with Gasteiger partial charge in [-0.05, 0) is 38.3 Å². The summed E-state index contributed by atoms with van der Waals surface area (Å²) in [5.41, 5.74) is 0.358. The Labute approximate surface area is 152 Å².